The summed E-state index contributed by atoms with van der Waals surface area (Å²) in [6.45, 7) is 1.79. The number of aliphatic carboxylic acids is 1. The third-order valence-electron chi connectivity index (χ3n) is 2.40. The molecule has 0 aliphatic rings. The highest BCUT2D eigenvalue weighted by Crippen LogP contribution is 2.16. The molecule has 1 aromatic rings. The molecule has 78 valence electrons. The number of hydrogen-bond donors (Lipinski definition) is 1. The summed E-state index contributed by atoms with van der Waals surface area (Å²) in [4.78, 5) is 21.7. The Hall–Kier alpha value is -1.52. The van der Waals surface area contributed by atoms with Gasteiger partial charge in [0.2, 0.25) is 0 Å². The van der Waals surface area contributed by atoms with Crippen LogP contribution < -0.4 is 5.56 Å². The van der Waals surface area contributed by atoms with Crippen LogP contribution in [0.4, 0.5) is 0 Å². The predicted molar refractivity (Wildman–Crippen MR) is 51.3 cm³/mol. The van der Waals surface area contributed by atoms with E-state index in [9.17, 15) is 9.59 Å². The SMILES string of the molecule is CC(CC(=O)O)c1cc(=O)n(C)n1C. The van der Waals surface area contributed by atoms with Crippen LogP contribution in [-0.4, -0.2) is 20.4 Å². The zero-order valence-corrected chi connectivity index (χ0v) is 8.52. The standard InChI is InChI=1S/C9H14N2O3/c1-6(4-9(13)14)7-5-8(12)11(3)10(7)2/h5-6H,4H2,1-3H3,(H,13,14). The second-order valence-electron chi connectivity index (χ2n) is 3.45. The average Bonchev–Trinajstić information content (AvgIpc) is 2.32. The first-order chi connectivity index (χ1) is 6.43. The number of rotatable bonds is 3. The van der Waals surface area contributed by atoms with Crippen LogP contribution in [0.5, 0.6) is 0 Å². The van der Waals surface area contributed by atoms with Crippen LogP contribution in [0.15, 0.2) is 10.9 Å². The van der Waals surface area contributed by atoms with E-state index in [0.29, 0.717) is 0 Å². The first-order valence-electron chi connectivity index (χ1n) is 4.38. The molecule has 0 aromatic carbocycles. The molecule has 1 aromatic heterocycles. The molecule has 0 amide bonds. The Balaban J connectivity index is 3.01. The van der Waals surface area contributed by atoms with Gasteiger partial charge in [-0.15, -0.1) is 0 Å². The molecule has 0 spiro atoms. The van der Waals surface area contributed by atoms with Crippen molar-refractivity contribution in [2.24, 2.45) is 14.1 Å². The summed E-state index contributed by atoms with van der Waals surface area (Å²) in [5.41, 5.74) is 0.639. The molecule has 1 heterocycles. The molecule has 0 bridgehead atoms. The molecule has 1 unspecified atom stereocenters. The zero-order valence-electron chi connectivity index (χ0n) is 8.52. The Bertz CT molecular complexity index is 403. The Labute approximate surface area is 81.6 Å². The van der Waals surface area contributed by atoms with Crippen LogP contribution in [0.2, 0.25) is 0 Å². The van der Waals surface area contributed by atoms with Crippen LogP contribution in [0.3, 0.4) is 0 Å². The van der Waals surface area contributed by atoms with E-state index in [1.54, 1.807) is 25.7 Å². The number of aromatic nitrogens is 2. The highest BCUT2D eigenvalue weighted by Gasteiger charge is 2.15. The summed E-state index contributed by atoms with van der Waals surface area (Å²) in [7, 11) is 3.40. The Morgan fingerprint density at radius 3 is 2.43 bits per heavy atom. The zero-order chi connectivity index (χ0) is 10.9. The maximum atomic E-state index is 11.2. The van der Waals surface area contributed by atoms with Gasteiger partial charge in [-0.1, -0.05) is 6.92 Å². The van der Waals surface area contributed by atoms with Crippen molar-refractivity contribution < 1.29 is 9.90 Å². The molecule has 1 N–H and O–H groups in total. The van der Waals surface area contributed by atoms with Gasteiger partial charge in [0.1, 0.15) is 0 Å². The van der Waals surface area contributed by atoms with Crippen molar-refractivity contribution in [2.45, 2.75) is 19.3 Å². The van der Waals surface area contributed by atoms with Gasteiger partial charge in [0, 0.05) is 31.8 Å². The fraction of sp³-hybridized carbons (Fsp3) is 0.556. The van der Waals surface area contributed by atoms with Crippen molar-refractivity contribution in [3.8, 4) is 0 Å². The Morgan fingerprint density at radius 2 is 2.07 bits per heavy atom. The van der Waals surface area contributed by atoms with Crippen molar-refractivity contribution in [3.63, 3.8) is 0 Å². The molecule has 14 heavy (non-hydrogen) atoms. The lowest BCUT2D eigenvalue weighted by atomic mass is 10.0. The number of carboxylic acid groups (broad SMARTS) is 1. The molecule has 0 radical (unpaired) electrons. The van der Waals surface area contributed by atoms with Crippen LogP contribution in [0, 0.1) is 0 Å². The summed E-state index contributed by atoms with van der Waals surface area (Å²) in [6.07, 6.45) is 0.0390. The Morgan fingerprint density at radius 1 is 1.50 bits per heavy atom. The van der Waals surface area contributed by atoms with E-state index in [0.717, 1.165) is 5.69 Å². The van der Waals surface area contributed by atoms with Gasteiger partial charge in [-0.25, -0.2) is 0 Å². The van der Waals surface area contributed by atoms with Gasteiger partial charge in [-0.05, 0) is 0 Å². The molecule has 0 saturated heterocycles. The molecular weight excluding hydrogens is 184 g/mol. The molecule has 1 atom stereocenters. The predicted octanol–water partition coefficient (Wildman–Crippen LogP) is 0.302. The lowest BCUT2D eigenvalue weighted by molar-refractivity contribution is -0.137. The second-order valence-corrected chi connectivity index (χ2v) is 3.45. The van der Waals surface area contributed by atoms with Crippen molar-refractivity contribution in [2.75, 3.05) is 0 Å². The summed E-state index contributed by atoms with van der Waals surface area (Å²) >= 11 is 0. The number of nitrogens with zero attached hydrogens (tertiary/aromatic N) is 2. The molecule has 0 saturated carbocycles. The largest absolute Gasteiger partial charge is 0.481 e. The van der Waals surface area contributed by atoms with E-state index in [1.807, 2.05) is 0 Å². The van der Waals surface area contributed by atoms with Crippen molar-refractivity contribution in [1.29, 1.82) is 0 Å². The Kier molecular flexibility index (Phi) is 2.78. The maximum absolute atomic E-state index is 11.2. The summed E-state index contributed by atoms with van der Waals surface area (Å²) in [5, 5.41) is 8.62. The molecule has 0 aliphatic heterocycles. The molecule has 1 rings (SSSR count). The summed E-state index contributed by atoms with van der Waals surface area (Å²) in [6, 6.07) is 1.48. The van der Waals surface area contributed by atoms with Crippen LogP contribution in [0.25, 0.3) is 0 Å². The average molecular weight is 198 g/mol. The van der Waals surface area contributed by atoms with E-state index in [4.69, 9.17) is 5.11 Å². The lowest BCUT2D eigenvalue weighted by Crippen LogP contribution is -2.17. The van der Waals surface area contributed by atoms with Gasteiger partial charge in [0.15, 0.2) is 0 Å². The van der Waals surface area contributed by atoms with Gasteiger partial charge in [0.25, 0.3) is 5.56 Å². The van der Waals surface area contributed by atoms with Gasteiger partial charge >= 0.3 is 5.97 Å². The third-order valence-corrected chi connectivity index (χ3v) is 2.40. The molecule has 0 aliphatic carbocycles. The van der Waals surface area contributed by atoms with Crippen molar-refractivity contribution in [3.05, 3.63) is 22.1 Å². The van der Waals surface area contributed by atoms with Gasteiger partial charge in [-0.3, -0.25) is 19.0 Å². The minimum Gasteiger partial charge on any atom is -0.481 e. The lowest BCUT2D eigenvalue weighted by Gasteiger charge is -2.10. The second kappa shape index (κ2) is 3.69. The number of carbonyl (C=O) groups is 1. The number of hydrogen-bond acceptors (Lipinski definition) is 2. The van der Waals surface area contributed by atoms with Gasteiger partial charge < -0.3 is 5.11 Å². The van der Waals surface area contributed by atoms with E-state index >= 15 is 0 Å². The molecule has 0 fully saturated rings. The normalized spacial score (nSPS) is 12.8. The first-order valence-corrected chi connectivity index (χ1v) is 4.38. The van der Waals surface area contributed by atoms with Crippen LogP contribution >= 0.6 is 0 Å². The first kappa shape index (κ1) is 10.6. The van der Waals surface area contributed by atoms with Gasteiger partial charge in [-0.2, -0.15) is 0 Å². The summed E-state index contributed by atoms with van der Waals surface area (Å²) in [5.74, 6) is -1.000. The van der Waals surface area contributed by atoms with E-state index in [1.165, 1.54) is 10.7 Å². The minimum absolute atomic E-state index is 0.0390. The third kappa shape index (κ3) is 1.86. The van der Waals surface area contributed by atoms with Crippen molar-refractivity contribution in [1.82, 2.24) is 9.36 Å². The number of carboxylic acids is 1. The van der Waals surface area contributed by atoms with Crippen molar-refractivity contribution >= 4 is 5.97 Å². The van der Waals surface area contributed by atoms with E-state index in [-0.39, 0.29) is 17.9 Å². The smallest absolute Gasteiger partial charge is 0.304 e. The van der Waals surface area contributed by atoms with Crippen LogP contribution in [-0.2, 0) is 18.9 Å². The molecular formula is C9H14N2O3. The topological polar surface area (TPSA) is 64.2 Å². The van der Waals surface area contributed by atoms with Gasteiger partial charge in [0.05, 0.1) is 6.42 Å². The quantitative estimate of drug-likeness (QED) is 0.759. The molecule has 5 nitrogen and oxygen atoms in total. The van der Waals surface area contributed by atoms with E-state index < -0.39 is 5.97 Å². The molecule has 5 heteroatoms. The highest BCUT2D eigenvalue weighted by atomic mass is 16.4. The van der Waals surface area contributed by atoms with E-state index in [2.05, 4.69) is 0 Å². The monoisotopic (exact) mass is 198 g/mol. The maximum Gasteiger partial charge on any atom is 0.304 e. The minimum atomic E-state index is -0.853. The fourth-order valence-electron chi connectivity index (χ4n) is 1.46. The summed E-state index contributed by atoms with van der Waals surface area (Å²) < 4.78 is 3.13. The van der Waals surface area contributed by atoms with Crippen LogP contribution in [0.1, 0.15) is 25.0 Å². The fourth-order valence-corrected chi connectivity index (χ4v) is 1.46. The highest BCUT2D eigenvalue weighted by molar-refractivity contribution is 5.67.